The third-order valence-corrected chi connectivity index (χ3v) is 4.34. The van der Waals surface area contributed by atoms with Crippen LogP contribution in [0.2, 0.25) is 0 Å². The van der Waals surface area contributed by atoms with Crippen LogP contribution in [0.5, 0.6) is 0 Å². The van der Waals surface area contributed by atoms with E-state index in [4.69, 9.17) is 4.74 Å². The first-order valence-corrected chi connectivity index (χ1v) is 8.43. The molecule has 1 heterocycles. The average Bonchev–Trinajstić information content (AvgIpc) is 2.28. The molecule has 1 rings (SSSR count). The van der Waals surface area contributed by atoms with E-state index in [0.29, 0.717) is 25.7 Å². The van der Waals surface area contributed by atoms with Gasteiger partial charge in [0.2, 0.25) is 10.0 Å². The van der Waals surface area contributed by atoms with Gasteiger partial charge in [-0.15, -0.1) is 0 Å². The van der Waals surface area contributed by atoms with Gasteiger partial charge in [0.15, 0.2) is 0 Å². The summed E-state index contributed by atoms with van der Waals surface area (Å²) in [6, 6.07) is 0.104. The van der Waals surface area contributed by atoms with Gasteiger partial charge in [0.05, 0.1) is 12.4 Å². The molecule has 18 heavy (non-hydrogen) atoms. The highest BCUT2D eigenvalue weighted by Crippen LogP contribution is 2.08. The van der Waals surface area contributed by atoms with Crippen molar-refractivity contribution in [2.45, 2.75) is 39.2 Å². The number of rotatable bonds is 8. The van der Waals surface area contributed by atoms with Crippen molar-refractivity contribution < 1.29 is 13.2 Å². The zero-order valence-corrected chi connectivity index (χ0v) is 12.3. The van der Waals surface area contributed by atoms with E-state index in [1.54, 1.807) is 0 Å². The molecule has 0 amide bonds. The Balaban J connectivity index is 2.14. The number of piperidine rings is 1. The van der Waals surface area contributed by atoms with Crippen LogP contribution in [0.15, 0.2) is 0 Å². The molecule has 0 aromatic heterocycles. The SMILES string of the molecule is CC(C)COCCNS(=O)(=O)CC1CCCCN1. The lowest BCUT2D eigenvalue weighted by Gasteiger charge is -2.23. The molecule has 6 heteroatoms. The van der Waals surface area contributed by atoms with Crippen LogP contribution in [0, 0.1) is 5.92 Å². The molecule has 1 saturated heterocycles. The van der Waals surface area contributed by atoms with Crippen molar-refractivity contribution >= 4 is 10.0 Å². The summed E-state index contributed by atoms with van der Waals surface area (Å²) in [5, 5.41) is 3.24. The molecule has 0 bridgehead atoms. The second kappa shape index (κ2) is 8.09. The predicted octanol–water partition coefficient (Wildman–Crippen LogP) is 0.721. The van der Waals surface area contributed by atoms with Gasteiger partial charge in [0.1, 0.15) is 0 Å². The van der Waals surface area contributed by atoms with Crippen LogP contribution in [0.3, 0.4) is 0 Å². The summed E-state index contributed by atoms with van der Waals surface area (Å²) in [7, 11) is -3.17. The maximum atomic E-state index is 11.8. The molecule has 0 aromatic carbocycles. The molecule has 1 aliphatic rings. The van der Waals surface area contributed by atoms with Gasteiger partial charge >= 0.3 is 0 Å². The summed E-state index contributed by atoms with van der Waals surface area (Å²) in [4.78, 5) is 0. The molecule has 0 spiro atoms. The van der Waals surface area contributed by atoms with Crippen LogP contribution in [0.25, 0.3) is 0 Å². The third kappa shape index (κ3) is 7.31. The predicted molar refractivity (Wildman–Crippen MR) is 73.1 cm³/mol. The van der Waals surface area contributed by atoms with Crippen LogP contribution in [0.1, 0.15) is 33.1 Å². The summed E-state index contributed by atoms with van der Waals surface area (Å²) in [6.07, 6.45) is 3.21. The van der Waals surface area contributed by atoms with Gasteiger partial charge in [-0.05, 0) is 25.3 Å². The van der Waals surface area contributed by atoms with Gasteiger partial charge < -0.3 is 10.1 Å². The molecule has 0 saturated carbocycles. The van der Waals surface area contributed by atoms with Crippen LogP contribution < -0.4 is 10.0 Å². The quantitative estimate of drug-likeness (QED) is 0.642. The minimum Gasteiger partial charge on any atom is -0.380 e. The molecular formula is C12H26N2O3S. The smallest absolute Gasteiger partial charge is 0.213 e. The molecule has 108 valence electrons. The Morgan fingerprint density at radius 1 is 1.39 bits per heavy atom. The second-order valence-electron chi connectivity index (χ2n) is 5.29. The average molecular weight is 278 g/mol. The first-order chi connectivity index (χ1) is 8.49. The molecule has 2 N–H and O–H groups in total. The molecule has 0 radical (unpaired) electrons. The number of sulfonamides is 1. The van der Waals surface area contributed by atoms with Crippen LogP contribution >= 0.6 is 0 Å². The van der Waals surface area contributed by atoms with Gasteiger partial charge in [0.25, 0.3) is 0 Å². The topological polar surface area (TPSA) is 67.4 Å². The molecule has 1 atom stereocenters. The third-order valence-electron chi connectivity index (χ3n) is 2.85. The van der Waals surface area contributed by atoms with E-state index in [1.807, 2.05) is 0 Å². The Morgan fingerprint density at radius 3 is 2.78 bits per heavy atom. The normalized spacial score (nSPS) is 21.4. The fourth-order valence-corrected chi connectivity index (χ4v) is 3.30. The van der Waals surface area contributed by atoms with Crippen molar-refractivity contribution in [3.05, 3.63) is 0 Å². The Labute approximate surface area is 111 Å². The van der Waals surface area contributed by atoms with Gasteiger partial charge in [-0.3, -0.25) is 0 Å². The Hall–Kier alpha value is -0.170. The highest BCUT2D eigenvalue weighted by molar-refractivity contribution is 7.89. The van der Waals surface area contributed by atoms with Crippen molar-refractivity contribution in [2.24, 2.45) is 5.92 Å². The van der Waals surface area contributed by atoms with E-state index in [1.165, 1.54) is 0 Å². The van der Waals surface area contributed by atoms with Crippen molar-refractivity contribution in [3.63, 3.8) is 0 Å². The standard InChI is InChI=1S/C12H26N2O3S/c1-11(2)9-17-8-7-14-18(15,16)10-12-5-3-4-6-13-12/h11-14H,3-10H2,1-2H3. The fraction of sp³-hybridized carbons (Fsp3) is 1.00. The Morgan fingerprint density at radius 2 is 2.17 bits per heavy atom. The molecule has 1 unspecified atom stereocenters. The fourth-order valence-electron chi connectivity index (χ4n) is 1.98. The van der Waals surface area contributed by atoms with E-state index >= 15 is 0 Å². The van der Waals surface area contributed by atoms with E-state index in [-0.39, 0.29) is 11.8 Å². The highest BCUT2D eigenvalue weighted by atomic mass is 32.2. The van der Waals surface area contributed by atoms with Crippen molar-refractivity contribution in [1.82, 2.24) is 10.0 Å². The zero-order valence-electron chi connectivity index (χ0n) is 11.4. The molecular weight excluding hydrogens is 252 g/mol. The van der Waals surface area contributed by atoms with E-state index in [9.17, 15) is 8.42 Å². The van der Waals surface area contributed by atoms with Crippen molar-refractivity contribution in [1.29, 1.82) is 0 Å². The lowest BCUT2D eigenvalue weighted by atomic mass is 10.1. The molecule has 1 aliphatic heterocycles. The van der Waals surface area contributed by atoms with E-state index in [2.05, 4.69) is 23.9 Å². The van der Waals surface area contributed by atoms with Crippen molar-refractivity contribution in [3.8, 4) is 0 Å². The van der Waals surface area contributed by atoms with Gasteiger partial charge in [0, 0.05) is 19.2 Å². The molecule has 0 aromatic rings. The number of ether oxygens (including phenoxy) is 1. The van der Waals surface area contributed by atoms with Gasteiger partial charge in [-0.2, -0.15) is 0 Å². The number of hydrogen-bond acceptors (Lipinski definition) is 4. The lowest BCUT2D eigenvalue weighted by molar-refractivity contribution is 0.114. The molecule has 0 aliphatic carbocycles. The summed E-state index contributed by atoms with van der Waals surface area (Å²) in [5.41, 5.74) is 0. The number of nitrogens with one attached hydrogen (secondary N) is 2. The summed E-state index contributed by atoms with van der Waals surface area (Å²) >= 11 is 0. The maximum absolute atomic E-state index is 11.8. The van der Waals surface area contributed by atoms with Crippen LogP contribution in [0.4, 0.5) is 0 Å². The van der Waals surface area contributed by atoms with Crippen LogP contribution in [-0.2, 0) is 14.8 Å². The first-order valence-electron chi connectivity index (χ1n) is 6.78. The van der Waals surface area contributed by atoms with Gasteiger partial charge in [-0.1, -0.05) is 20.3 Å². The first kappa shape index (κ1) is 15.9. The minimum absolute atomic E-state index is 0.104. The monoisotopic (exact) mass is 278 g/mol. The Kier molecular flexibility index (Phi) is 7.14. The highest BCUT2D eigenvalue weighted by Gasteiger charge is 2.20. The van der Waals surface area contributed by atoms with E-state index in [0.717, 1.165) is 25.8 Å². The van der Waals surface area contributed by atoms with Gasteiger partial charge in [-0.25, -0.2) is 13.1 Å². The summed E-state index contributed by atoms with van der Waals surface area (Å²) in [6.45, 7) is 6.54. The Bertz CT molecular complexity index is 311. The zero-order chi connectivity index (χ0) is 13.4. The maximum Gasteiger partial charge on any atom is 0.213 e. The van der Waals surface area contributed by atoms with Crippen LogP contribution in [-0.4, -0.2) is 46.5 Å². The number of hydrogen-bond donors (Lipinski definition) is 2. The minimum atomic E-state index is -3.17. The van der Waals surface area contributed by atoms with E-state index < -0.39 is 10.0 Å². The largest absolute Gasteiger partial charge is 0.380 e. The molecule has 5 nitrogen and oxygen atoms in total. The summed E-state index contributed by atoms with van der Waals surface area (Å²) in [5.74, 6) is 0.657. The lowest BCUT2D eigenvalue weighted by Crippen LogP contribution is -2.43. The molecule has 1 fully saturated rings. The van der Waals surface area contributed by atoms with Crippen molar-refractivity contribution in [2.75, 3.05) is 32.1 Å². The second-order valence-corrected chi connectivity index (χ2v) is 7.14. The summed E-state index contributed by atoms with van der Waals surface area (Å²) < 4.78 is 31.5.